The highest BCUT2D eigenvalue weighted by Gasteiger charge is 2.38. The Morgan fingerprint density at radius 3 is 2.62 bits per heavy atom. The number of ether oxygens (including phenoxy) is 2. The van der Waals surface area contributed by atoms with Crippen LogP contribution in [0, 0.1) is 0 Å². The molecule has 0 fully saturated rings. The highest BCUT2D eigenvalue weighted by atomic mass is 19.4. The first-order valence-electron chi connectivity index (χ1n) is 11.4. The Hall–Kier alpha value is -4.74. The molecule has 212 valence electrons. The summed E-state index contributed by atoms with van der Waals surface area (Å²) in [4.78, 5) is 31.8. The molecular formula is C23H21F3N6O8. The molecule has 0 unspecified atom stereocenters. The number of imidazole rings is 1. The summed E-state index contributed by atoms with van der Waals surface area (Å²) in [6.07, 6.45) is -2.10. The van der Waals surface area contributed by atoms with E-state index in [-0.39, 0.29) is 47.2 Å². The van der Waals surface area contributed by atoms with Crippen LogP contribution in [0.1, 0.15) is 16.1 Å². The minimum absolute atomic E-state index is 0.00237. The van der Waals surface area contributed by atoms with Crippen LogP contribution < -0.4 is 10.1 Å². The molecule has 3 heterocycles. The number of nitrogens with one attached hydrogen (secondary N) is 1. The van der Waals surface area contributed by atoms with Gasteiger partial charge in [-0.25, -0.2) is 14.8 Å². The van der Waals surface area contributed by atoms with Crippen LogP contribution in [-0.2, 0) is 22.3 Å². The molecule has 40 heavy (non-hydrogen) atoms. The molecule has 1 aromatic carbocycles. The summed E-state index contributed by atoms with van der Waals surface area (Å²) in [5, 5.41) is 42.9. The smallest absolute Gasteiger partial charge is 0.435 e. The van der Waals surface area contributed by atoms with Crippen LogP contribution in [-0.4, -0.2) is 82.5 Å². The first-order chi connectivity index (χ1) is 19.0. The molecule has 0 saturated heterocycles. The summed E-state index contributed by atoms with van der Waals surface area (Å²) in [6.45, 7) is -1.55. The van der Waals surface area contributed by atoms with Gasteiger partial charge in [0.1, 0.15) is 17.1 Å². The number of carbonyl (C=O) groups excluding carboxylic acids is 2. The molecule has 0 bridgehead atoms. The van der Waals surface area contributed by atoms with Crippen molar-refractivity contribution in [1.29, 1.82) is 0 Å². The van der Waals surface area contributed by atoms with Crippen molar-refractivity contribution in [3.63, 3.8) is 0 Å². The summed E-state index contributed by atoms with van der Waals surface area (Å²) >= 11 is 0. The quantitative estimate of drug-likeness (QED) is 0.134. The molecule has 14 nitrogen and oxygen atoms in total. The molecule has 0 aliphatic rings. The van der Waals surface area contributed by atoms with Gasteiger partial charge >= 0.3 is 12.1 Å². The van der Waals surface area contributed by atoms with E-state index in [9.17, 15) is 27.9 Å². The van der Waals surface area contributed by atoms with Gasteiger partial charge < -0.3 is 35.2 Å². The molecule has 0 aliphatic carbocycles. The first-order valence-corrected chi connectivity index (χ1v) is 11.4. The maximum Gasteiger partial charge on any atom is 0.435 e. The number of aromatic nitrogens is 5. The number of aliphatic hydroxyl groups excluding tert-OH is 2. The zero-order valence-electron chi connectivity index (χ0n) is 20.2. The topological polar surface area (TPSA) is 194 Å². The summed E-state index contributed by atoms with van der Waals surface area (Å²) in [5.41, 5.74) is -1.98. The summed E-state index contributed by atoms with van der Waals surface area (Å²) in [7, 11) is 0. The van der Waals surface area contributed by atoms with E-state index >= 15 is 0 Å². The molecular weight excluding hydrogens is 545 g/mol. The number of phenolic OH excluding ortho intramolecular Hbond substituents is 1. The van der Waals surface area contributed by atoms with Crippen LogP contribution >= 0.6 is 0 Å². The minimum atomic E-state index is -4.86. The zero-order chi connectivity index (χ0) is 29.0. The van der Waals surface area contributed by atoms with Crippen molar-refractivity contribution in [1.82, 2.24) is 29.5 Å². The van der Waals surface area contributed by atoms with E-state index in [1.54, 1.807) is 0 Å². The van der Waals surface area contributed by atoms with E-state index in [4.69, 9.17) is 24.8 Å². The Balaban J connectivity index is 1.58. The molecule has 3 aromatic heterocycles. The number of alkyl halides is 3. The molecule has 4 aromatic rings. The number of rotatable bonds is 10. The van der Waals surface area contributed by atoms with Crippen LogP contribution in [0.4, 0.5) is 13.2 Å². The van der Waals surface area contributed by atoms with Gasteiger partial charge in [0.25, 0.3) is 11.8 Å². The summed E-state index contributed by atoms with van der Waals surface area (Å²) in [6, 6.07) is 3.50. The molecule has 0 aliphatic heterocycles. The lowest BCUT2D eigenvalue weighted by Crippen LogP contribution is -2.30. The normalized spacial score (nSPS) is 11.7. The predicted molar refractivity (Wildman–Crippen MR) is 126 cm³/mol. The van der Waals surface area contributed by atoms with Gasteiger partial charge in [-0.15, -0.1) is 0 Å². The molecule has 0 radical (unpaired) electrons. The fraction of sp³-hybridized carbons (Fsp3) is 0.261. The van der Waals surface area contributed by atoms with E-state index < -0.39 is 48.9 Å². The van der Waals surface area contributed by atoms with E-state index in [1.807, 2.05) is 0 Å². The number of nitrogens with zero attached hydrogens (tertiary/aromatic N) is 5. The van der Waals surface area contributed by atoms with Gasteiger partial charge in [-0.05, 0) is 12.1 Å². The van der Waals surface area contributed by atoms with Crippen LogP contribution in [0.15, 0.2) is 43.0 Å². The highest BCUT2D eigenvalue weighted by molar-refractivity contribution is 5.94. The van der Waals surface area contributed by atoms with Crippen LogP contribution in [0.2, 0.25) is 0 Å². The highest BCUT2D eigenvalue weighted by Crippen LogP contribution is 2.37. The van der Waals surface area contributed by atoms with Gasteiger partial charge in [-0.1, -0.05) is 0 Å². The third kappa shape index (κ3) is 6.28. The van der Waals surface area contributed by atoms with E-state index in [0.29, 0.717) is 0 Å². The number of carbonyl (C=O) groups is 2. The lowest BCUT2D eigenvalue weighted by molar-refractivity contribution is -0.141. The second-order valence-corrected chi connectivity index (χ2v) is 8.09. The number of halogens is 3. The van der Waals surface area contributed by atoms with Gasteiger partial charge in [-0.2, -0.15) is 18.3 Å². The van der Waals surface area contributed by atoms with Crippen LogP contribution in [0.3, 0.4) is 0 Å². The SMILES string of the molecule is O=C(COC(=O)c1ccc(Oc2nccn3c(-c4cn(CC(O)O)nc4C(F)(F)F)cnc23)cc1O)NCCO. The van der Waals surface area contributed by atoms with Crippen molar-refractivity contribution in [2.24, 2.45) is 0 Å². The van der Waals surface area contributed by atoms with Gasteiger partial charge in [0, 0.05) is 31.2 Å². The molecule has 4 rings (SSSR count). The molecule has 17 heteroatoms. The molecule has 0 spiro atoms. The average molecular weight is 566 g/mol. The summed E-state index contributed by atoms with van der Waals surface area (Å²) in [5.74, 6) is -2.38. The monoisotopic (exact) mass is 566 g/mol. The van der Waals surface area contributed by atoms with Crippen molar-refractivity contribution < 1.29 is 52.7 Å². The number of esters is 1. The van der Waals surface area contributed by atoms with Gasteiger partial charge in [0.15, 0.2) is 18.6 Å². The molecule has 0 atom stereocenters. The minimum Gasteiger partial charge on any atom is -0.507 e. The van der Waals surface area contributed by atoms with E-state index in [2.05, 4.69) is 20.4 Å². The number of aromatic hydroxyl groups is 1. The predicted octanol–water partition coefficient (Wildman–Crippen LogP) is 0.685. The number of aliphatic hydroxyl groups is 3. The first kappa shape index (κ1) is 28.3. The van der Waals surface area contributed by atoms with Crippen molar-refractivity contribution in [2.75, 3.05) is 19.8 Å². The molecule has 0 saturated carbocycles. The van der Waals surface area contributed by atoms with Gasteiger partial charge in [0.05, 0.1) is 30.6 Å². The van der Waals surface area contributed by atoms with Crippen molar-refractivity contribution >= 4 is 17.5 Å². The third-order valence-electron chi connectivity index (χ3n) is 5.22. The second-order valence-electron chi connectivity index (χ2n) is 8.09. The Labute approximate surface area is 221 Å². The second kappa shape index (κ2) is 11.6. The van der Waals surface area contributed by atoms with Crippen LogP contribution in [0.25, 0.3) is 16.9 Å². The number of amides is 1. The van der Waals surface area contributed by atoms with Gasteiger partial charge in [0.2, 0.25) is 5.65 Å². The zero-order valence-corrected chi connectivity index (χ0v) is 20.2. The Morgan fingerprint density at radius 1 is 1.18 bits per heavy atom. The lowest BCUT2D eigenvalue weighted by Gasteiger charge is -2.10. The molecule has 1 amide bonds. The average Bonchev–Trinajstić information content (AvgIpc) is 3.50. The fourth-order valence-corrected chi connectivity index (χ4v) is 3.56. The van der Waals surface area contributed by atoms with E-state index in [1.165, 1.54) is 22.9 Å². The standard InChI is InChI=1S/C23H21F3N6O8/c24-23(25,26)19-14(9-31(30-19)10-18(36)37)15-8-29-20-21(28-3-5-32(15)20)40-12-1-2-13(16(34)7-12)22(38)39-11-17(35)27-4-6-33/h1-3,5,7-9,18,33-34,36-37H,4,6,10-11H2,(H,27,35). The van der Waals surface area contributed by atoms with E-state index in [0.717, 1.165) is 29.2 Å². The van der Waals surface area contributed by atoms with Crippen molar-refractivity contribution in [3.05, 3.63) is 54.2 Å². The maximum atomic E-state index is 13.7. The number of fused-ring (bicyclic) bond motifs is 1. The van der Waals surface area contributed by atoms with Crippen LogP contribution in [0.5, 0.6) is 17.4 Å². The van der Waals surface area contributed by atoms with Crippen molar-refractivity contribution in [2.45, 2.75) is 19.0 Å². The lowest BCUT2D eigenvalue weighted by atomic mass is 10.2. The summed E-state index contributed by atoms with van der Waals surface area (Å²) < 4.78 is 53.5. The number of benzene rings is 1. The third-order valence-corrected chi connectivity index (χ3v) is 5.22. The Bertz CT molecular complexity index is 1530. The molecule has 5 N–H and O–H groups in total. The van der Waals surface area contributed by atoms with Gasteiger partial charge in [-0.3, -0.25) is 13.9 Å². The number of phenols is 1. The maximum absolute atomic E-state index is 13.7. The number of hydrogen-bond donors (Lipinski definition) is 5. The Kier molecular flexibility index (Phi) is 8.17. The van der Waals surface area contributed by atoms with Crippen molar-refractivity contribution in [3.8, 4) is 28.6 Å². The fourth-order valence-electron chi connectivity index (χ4n) is 3.56. The Morgan fingerprint density at radius 2 is 1.95 bits per heavy atom. The number of hydrogen-bond acceptors (Lipinski definition) is 11. The largest absolute Gasteiger partial charge is 0.507 e.